The van der Waals surface area contributed by atoms with Gasteiger partial charge >= 0.3 is 0 Å². The molecule has 0 aromatic carbocycles. The van der Waals surface area contributed by atoms with Crippen LogP contribution in [0.3, 0.4) is 0 Å². The number of hydrogen-bond acceptors (Lipinski definition) is 4. The number of nitrogens with zero attached hydrogens (tertiary/aromatic N) is 1. The van der Waals surface area contributed by atoms with Gasteiger partial charge in [-0.3, -0.25) is 0 Å². The summed E-state index contributed by atoms with van der Waals surface area (Å²) < 4.78 is 0. The first kappa shape index (κ1) is 12.9. The van der Waals surface area contributed by atoms with E-state index in [0.717, 1.165) is 12.8 Å². The summed E-state index contributed by atoms with van der Waals surface area (Å²) >= 11 is 3.98. The van der Waals surface area contributed by atoms with Crippen molar-refractivity contribution in [3.05, 3.63) is 15.6 Å². The second kappa shape index (κ2) is 4.80. The van der Waals surface area contributed by atoms with Gasteiger partial charge in [-0.15, -0.1) is 11.3 Å². The summed E-state index contributed by atoms with van der Waals surface area (Å²) in [5, 5.41) is 1.99. The number of thioether (sulfide) groups is 1. The Bertz CT molecular complexity index is 433. The van der Waals surface area contributed by atoms with Crippen LogP contribution in [-0.4, -0.2) is 10.7 Å². The molecule has 0 amide bonds. The lowest BCUT2D eigenvalue weighted by molar-refractivity contribution is 0.282. The number of fused-ring (bicyclic) bond motifs is 1. The molecule has 2 unspecified atom stereocenters. The summed E-state index contributed by atoms with van der Waals surface area (Å²) in [7, 11) is 0. The molecule has 1 saturated heterocycles. The van der Waals surface area contributed by atoms with E-state index in [4.69, 9.17) is 10.7 Å². The SMILES string of the molecule is CC1(C)Cc2nc(C3CCCCS3)sc2C(N)C1. The quantitative estimate of drug-likeness (QED) is 0.843. The van der Waals surface area contributed by atoms with Gasteiger partial charge in [-0.1, -0.05) is 20.3 Å². The van der Waals surface area contributed by atoms with Gasteiger partial charge in [-0.05, 0) is 36.9 Å². The Hall–Kier alpha value is -0.0600. The largest absolute Gasteiger partial charge is 0.323 e. The summed E-state index contributed by atoms with van der Waals surface area (Å²) in [6.45, 7) is 4.62. The Morgan fingerprint density at radius 3 is 2.89 bits per heavy atom. The van der Waals surface area contributed by atoms with E-state index in [0.29, 0.717) is 10.7 Å². The molecule has 1 aromatic heterocycles. The fourth-order valence-corrected chi connectivity index (χ4v) is 5.72. The van der Waals surface area contributed by atoms with Crippen LogP contribution in [0.1, 0.15) is 66.4 Å². The predicted octanol–water partition coefficient (Wildman–Crippen LogP) is 4.07. The summed E-state index contributed by atoms with van der Waals surface area (Å²) in [5.74, 6) is 1.30. The van der Waals surface area contributed by atoms with Gasteiger partial charge in [0, 0.05) is 10.9 Å². The van der Waals surface area contributed by atoms with E-state index in [-0.39, 0.29) is 6.04 Å². The molecule has 1 aliphatic carbocycles. The number of rotatable bonds is 1. The molecule has 2 N–H and O–H groups in total. The molecule has 2 atom stereocenters. The number of aromatic nitrogens is 1. The molecule has 0 spiro atoms. The highest BCUT2D eigenvalue weighted by Gasteiger charge is 2.34. The minimum Gasteiger partial charge on any atom is -0.323 e. The fourth-order valence-electron chi connectivity index (χ4n) is 3.09. The Kier molecular flexibility index (Phi) is 3.45. The van der Waals surface area contributed by atoms with Crippen molar-refractivity contribution in [2.45, 2.75) is 57.2 Å². The number of thiazole rings is 1. The monoisotopic (exact) mass is 282 g/mol. The molecule has 2 aliphatic rings. The van der Waals surface area contributed by atoms with Crippen LogP contribution in [0.15, 0.2) is 0 Å². The van der Waals surface area contributed by atoms with Crippen LogP contribution in [0.25, 0.3) is 0 Å². The van der Waals surface area contributed by atoms with E-state index in [1.165, 1.54) is 40.6 Å². The summed E-state index contributed by atoms with van der Waals surface area (Å²) in [6.07, 6.45) is 6.23. The van der Waals surface area contributed by atoms with Crippen LogP contribution >= 0.6 is 23.1 Å². The molecule has 4 heteroatoms. The van der Waals surface area contributed by atoms with Crippen LogP contribution in [0.2, 0.25) is 0 Å². The smallest absolute Gasteiger partial charge is 0.106 e. The van der Waals surface area contributed by atoms with E-state index in [9.17, 15) is 0 Å². The second-order valence-electron chi connectivity index (χ2n) is 6.37. The predicted molar refractivity (Wildman–Crippen MR) is 80.2 cm³/mol. The second-order valence-corrected chi connectivity index (χ2v) is 8.74. The Morgan fingerprint density at radius 2 is 2.17 bits per heavy atom. The van der Waals surface area contributed by atoms with Crippen molar-refractivity contribution in [3.8, 4) is 0 Å². The van der Waals surface area contributed by atoms with Gasteiger partial charge < -0.3 is 5.73 Å². The minimum atomic E-state index is 0.212. The maximum absolute atomic E-state index is 6.33. The highest BCUT2D eigenvalue weighted by molar-refractivity contribution is 7.99. The molecule has 0 radical (unpaired) electrons. The molecule has 100 valence electrons. The summed E-state index contributed by atoms with van der Waals surface area (Å²) in [6, 6.07) is 0.212. The standard InChI is InChI=1S/C14H22N2S2/c1-14(2)7-9(15)12-10(8-14)16-13(18-12)11-5-3-4-6-17-11/h9,11H,3-8,15H2,1-2H3. The lowest BCUT2D eigenvalue weighted by atomic mass is 9.77. The molecular formula is C14H22N2S2. The molecule has 2 heterocycles. The molecule has 18 heavy (non-hydrogen) atoms. The van der Waals surface area contributed by atoms with E-state index in [1.807, 2.05) is 11.3 Å². The maximum atomic E-state index is 6.33. The molecule has 1 fully saturated rings. The fraction of sp³-hybridized carbons (Fsp3) is 0.786. The topological polar surface area (TPSA) is 38.9 Å². The molecule has 1 aromatic rings. The normalized spacial score (nSPS) is 31.1. The molecular weight excluding hydrogens is 260 g/mol. The van der Waals surface area contributed by atoms with Gasteiger partial charge in [0.15, 0.2) is 0 Å². The van der Waals surface area contributed by atoms with E-state index < -0.39 is 0 Å². The van der Waals surface area contributed by atoms with Crippen molar-refractivity contribution >= 4 is 23.1 Å². The Labute approximate surface area is 118 Å². The first-order chi connectivity index (χ1) is 8.55. The van der Waals surface area contributed by atoms with Gasteiger partial charge in [-0.2, -0.15) is 11.8 Å². The van der Waals surface area contributed by atoms with Gasteiger partial charge in [0.05, 0.1) is 10.9 Å². The zero-order chi connectivity index (χ0) is 12.8. The summed E-state index contributed by atoms with van der Waals surface area (Å²) in [5.41, 5.74) is 7.94. The zero-order valence-electron chi connectivity index (χ0n) is 11.2. The third kappa shape index (κ3) is 2.47. The van der Waals surface area contributed by atoms with Crippen molar-refractivity contribution in [3.63, 3.8) is 0 Å². The van der Waals surface area contributed by atoms with E-state index in [1.54, 1.807) is 0 Å². The average Bonchev–Trinajstić information content (AvgIpc) is 2.72. The van der Waals surface area contributed by atoms with Crippen molar-refractivity contribution in [1.82, 2.24) is 4.98 Å². The number of hydrogen-bond donors (Lipinski definition) is 1. The molecule has 0 bridgehead atoms. The first-order valence-corrected chi connectivity index (χ1v) is 8.78. The van der Waals surface area contributed by atoms with Crippen LogP contribution in [0, 0.1) is 5.41 Å². The highest BCUT2D eigenvalue weighted by Crippen LogP contribution is 2.46. The highest BCUT2D eigenvalue weighted by atomic mass is 32.2. The number of nitrogens with two attached hydrogens (primary N) is 1. The maximum Gasteiger partial charge on any atom is 0.106 e. The minimum absolute atomic E-state index is 0.212. The summed E-state index contributed by atoms with van der Waals surface area (Å²) in [4.78, 5) is 6.31. The van der Waals surface area contributed by atoms with Gasteiger partial charge in [0.25, 0.3) is 0 Å². The van der Waals surface area contributed by atoms with Gasteiger partial charge in [0.1, 0.15) is 5.01 Å². The third-order valence-corrected chi connectivity index (χ3v) is 6.83. The molecule has 3 rings (SSSR count). The van der Waals surface area contributed by atoms with Gasteiger partial charge in [-0.25, -0.2) is 4.98 Å². The molecule has 1 aliphatic heterocycles. The van der Waals surface area contributed by atoms with E-state index >= 15 is 0 Å². The van der Waals surface area contributed by atoms with Crippen LogP contribution < -0.4 is 5.73 Å². The van der Waals surface area contributed by atoms with Crippen LogP contribution in [0.5, 0.6) is 0 Å². The van der Waals surface area contributed by atoms with Crippen molar-refractivity contribution in [1.29, 1.82) is 0 Å². The zero-order valence-corrected chi connectivity index (χ0v) is 12.9. The lowest BCUT2D eigenvalue weighted by Crippen LogP contribution is -2.28. The third-order valence-electron chi connectivity index (χ3n) is 3.95. The lowest BCUT2D eigenvalue weighted by Gasteiger charge is -2.32. The molecule has 2 nitrogen and oxygen atoms in total. The van der Waals surface area contributed by atoms with Crippen LogP contribution in [0.4, 0.5) is 0 Å². The average molecular weight is 282 g/mol. The Balaban J connectivity index is 1.87. The van der Waals surface area contributed by atoms with Gasteiger partial charge in [0.2, 0.25) is 0 Å². The van der Waals surface area contributed by atoms with Crippen molar-refractivity contribution in [2.24, 2.45) is 11.1 Å². The molecule has 0 saturated carbocycles. The Morgan fingerprint density at radius 1 is 1.33 bits per heavy atom. The van der Waals surface area contributed by atoms with E-state index in [2.05, 4.69) is 25.6 Å². The van der Waals surface area contributed by atoms with Crippen LogP contribution in [-0.2, 0) is 6.42 Å². The first-order valence-electron chi connectivity index (χ1n) is 6.92. The van der Waals surface area contributed by atoms with Crippen molar-refractivity contribution < 1.29 is 0 Å². The van der Waals surface area contributed by atoms with Crippen molar-refractivity contribution in [2.75, 3.05) is 5.75 Å².